The maximum Gasteiger partial charge on any atom is 0.336 e. The zero-order valence-electron chi connectivity index (χ0n) is 10.4. The molecule has 1 heterocycles. The molecule has 1 rings (SSSR count). The molecule has 0 bridgehead atoms. The zero-order chi connectivity index (χ0) is 14.4. The highest BCUT2D eigenvalue weighted by Gasteiger charge is 2.33. The topological polar surface area (TPSA) is 99.2 Å². The lowest BCUT2D eigenvalue weighted by atomic mass is 10.3. The Morgan fingerprint density at radius 1 is 1.26 bits per heavy atom. The highest BCUT2D eigenvalue weighted by molar-refractivity contribution is 6.01. The predicted octanol–water partition coefficient (Wildman–Crippen LogP) is -0.276. The summed E-state index contributed by atoms with van der Waals surface area (Å²) < 4.78 is 9.09. The van der Waals surface area contributed by atoms with Gasteiger partial charge in [-0.15, -0.1) is 5.06 Å². The molecule has 106 valence electrons. The first kappa shape index (κ1) is 15.1. The van der Waals surface area contributed by atoms with Gasteiger partial charge in [-0.05, 0) is 6.92 Å². The second kappa shape index (κ2) is 6.83. The van der Waals surface area contributed by atoms with Gasteiger partial charge >= 0.3 is 11.9 Å². The number of nitrogens with zero attached hydrogens (tertiary/aromatic N) is 1. The largest absolute Gasteiger partial charge is 0.547 e. The van der Waals surface area contributed by atoms with Crippen LogP contribution >= 0.6 is 0 Å². The van der Waals surface area contributed by atoms with E-state index in [9.17, 15) is 19.2 Å². The molecule has 0 radical (unpaired) electrons. The fourth-order valence-electron chi connectivity index (χ4n) is 1.42. The summed E-state index contributed by atoms with van der Waals surface area (Å²) in [6.07, 6.45) is -0.988. The molecule has 0 spiro atoms. The maximum atomic E-state index is 11.4. The SMILES string of the molecule is [CH2-]OCC(=O)OC(C)CC(=O)ON1C(=O)CCC1=O. The Morgan fingerprint density at radius 2 is 1.84 bits per heavy atom. The van der Waals surface area contributed by atoms with E-state index in [0.717, 1.165) is 0 Å². The average Bonchev–Trinajstić information content (AvgIpc) is 2.60. The van der Waals surface area contributed by atoms with Crippen LogP contribution in [0.2, 0.25) is 0 Å². The first-order valence-corrected chi connectivity index (χ1v) is 5.57. The average molecular weight is 272 g/mol. The Kier molecular flexibility index (Phi) is 5.43. The van der Waals surface area contributed by atoms with Crippen molar-refractivity contribution in [2.24, 2.45) is 0 Å². The summed E-state index contributed by atoms with van der Waals surface area (Å²) >= 11 is 0. The molecule has 8 heteroatoms. The van der Waals surface area contributed by atoms with Gasteiger partial charge in [0.2, 0.25) is 0 Å². The van der Waals surface area contributed by atoms with Crippen molar-refractivity contribution < 1.29 is 33.5 Å². The van der Waals surface area contributed by atoms with Crippen molar-refractivity contribution in [3.8, 4) is 0 Å². The van der Waals surface area contributed by atoms with Crippen molar-refractivity contribution in [3.63, 3.8) is 0 Å². The number of rotatable bonds is 6. The zero-order valence-corrected chi connectivity index (χ0v) is 10.4. The van der Waals surface area contributed by atoms with Gasteiger partial charge in [-0.2, -0.15) is 0 Å². The minimum absolute atomic E-state index is 0.0253. The van der Waals surface area contributed by atoms with E-state index in [-0.39, 0.29) is 25.9 Å². The number of carbonyl (C=O) groups excluding carboxylic acids is 4. The number of esters is 1. The van der Waals surface area contributed by atoms with Crippen LogP contribution in [0, 0.1) is 7.11 Å². The minimum Gasteiger partial charge on any atom is -0.547 e. The maximum absolute atomic E-state index is 11.4. The summed E-state index contributed by atoms with van der Waals surface area (Å²) in [6, 6.07) is 0. The molecular weight excluding hydrogens is 258 g/mol. The molecular formula is C11H14NO7-. The molecule has 0 saturated carbocycles. The lowest BCUT2D eigenvalue weighted by Crippen LogP contribution is -2.33. The van der Waals surface area contributed by atoms with E-state index >= 15 is 0 Å². The third kappa shape index (κ3) is 4.66. The number of hydroxylamine groups is 2. The molecule has 0 aliphatic carbocycles. The molecule has 19 heavy (non-hydrogen) atoms. The van der Waals surface area contributed by atoms with E-state index in [4.69, 9.17) is 4.74 Å². The van der Waals surface area contributed by atoms with Gasteiger partial charge in [0.25, 0.3) is 11.8 Å². The molecule has 1 unspecified atom stereocenters. The van der Waals surface area contributed by atoms with Crippen LogP contribution in [0.15, 0.2) is 0 Å². The highest BCUT2D eigenvalue weighted by Crippen LogP contribution is 2.13. The molecule has 0 N–H and O–H groups in total. The quantitative estimate of drug-likeness (QED) is 0.372. The summed E-state index contributed by atoms with van der Waals surface area (Å²) in [5, 5.41) is 0.440. The van der Waals surface area contributed by atoms with Crippen LogP contribution in [0.25, 0.3) is 0 Å². The Morgan fingerprint density at radius 3 is 2.37 bits per heavy atom. The van der Waals surface area contributed by atoms with Crippen molar-refractivity contribution in [1.82, 2.24) is 5.06 Å². The number of imide groups is 1. The van der Waals surface area contributed by atoms with Crippen LogP contribution in [0.5, 0.6) is 0 Å². The molecule has 0 aromatic carbocycles. The summed E-state index contributed by atoms with van der Waals surface area (Å²) in [5.41, 5.74) is 0. The molecule has 8 nitrogen and oxygen atoms in total. The summed E-state index contributed by atoms with van der Waals surface area (Å²) in [6.45, 7) is 1.14. The third-order valence-corrected chi connectivity index (χ3v) is 2.21. The second-order valence-electron chi connectivity index (χ2n) is 3.90. The Bertz CT molecular complexity index is 377. The molecule has 1 saturated heterocycles. The van der Waals surface area contributed by atoms with Crippen molar-refractivity contribution >= 4 is 23.8 Å². The molecule has 0 aromatic rings. The van der Waals surface area contributed by atoms with E-state index in [1.54, 1.807) is 0 Å². The Hall–Kier alpha value is -1.96. The van der Waals surface area contributed by atoms with Crippen LogP contribution in [-0.4, -0.2) is 41.5 Å². The van der Waals surface area contributed by atoms with E-state index in [1.165, 1.54) is 6.92 Å². The lowest BCUT2D eigenvalue weighted by molar-refractivity contribution is -0.199. The number of amides is 2. The molecule has 1 aliphatic rings. The van der Waals surface area contributed by atoms with Crippen LogP contribution in [-0.2, 0) is 33.5 Å². The molecule has 2 amide bonds. The molecule has 0 aromatic heterocycles. The van der Waals surface area contributed by atoms with Crippen molar-refractivity contribution in [2.75, 3.05) is 6.61 Å². The van der Waals surface area contributed by atoms with Crippen molar-refractivity contribution in [2.45, 2.75) is 32.3 Å². The molecule has 1 atom stereocenters. The fourth-order valence-corrected chi connectivity index (χ4v) is 1.42. The predicted molar refractivity (Wildman–Crippen MR) is 58.7 cm³/mol. The van der Waals surface area contributed by atoms with E-state index in [0.29, 0.717) is 5.06 Å². The standard InChI is InChI=1S/C11H14NO7/c1-7(18-11(16)6-17-2)5-10(15)19-12-8(13)3-4-9(12)14/h7H,2-6H2,1H3/q-1. The van der Waals surface area contributed by atoms with Gasteiger partial charge in [0, 0.05) is 12.8 Å². The van der Waals surface area contributed by atoms with Gasteiger partial charge in [0.1, 0.15) is 12.7 Å². The van der Waals surface area contributed by atoms with Crippen LogP contribution < -0.4 is 0 Å². The van der Waals surface area contributed by atoms with E-state index < -0.39 is 29.9 Å². The van der Waals surface area contributed by atoms with Crippen molar-refractivity contribution in [3.05, 3.63) is 7.11 Å². The monoisotopic (exact) mass is 272 g/mol. The molecule has 1 aliphatic heterocycles. The summed E-state index contributed by atoms with van der Waals surface area (Å²) in [7, 11) is 3.00. The highest BCUT2D eigenvalue weighted by atomic mass is 16.7. The van der Waals surface area contributed by atoms with Gasteiger partial charge < -0.3 is 14.3 Å². The number of hydrogen-bond donors (Lipinski definition) is 0. The minimum atomic E-state index is -0.834. The van der Waals surface area contributed by atoms with Crippen LogP contribution in [0.1, 0.15) is 26.2 Å². The fraction of sp³-hybridized carbons (Fsp3) is 0.545. The summed E-state index contributed by atoms with van der Waals surface area (Å²) in [5.74, 6) is -2.63. The first-order valence-electron chi connectivity index (χ1n) is 5.57. The molecule has 1 fully saturated rings. The van der Waals surface area contributed by atoms with Gasteiger partial charge in [-0.3, -0.25) is 9.59 Å². The second-order valence-corrected chi connectivity index (χ2v) is 3.90. The van der Waals surface area contributed by atoms with Gasteiger partial charge in [0.15, 0.2) is 0 Å². The van der Waals surface area contributed by atoms with Crippen molar-refractivity contribution in [1.29, 1.82) is 0 Å². The number of carbonyl (C=O) groups is 4. The van der Waals surface area contributed by atoms with Crippen LogP contribution in [0.3, 0.4) is 0 Å². The van der Waals surface area contributed by atoms with Gasteiger partial charge in [-0.1, -0.05) is 0 Å². The summed E-state index contributed by atoms with van der Waals surface area (Å²) in [4.78, 5) is 49.4. The van der Waals surface area contributed by atoms with E-state index in [1.807, 2.05) is 0 Å². The number of ether oxygens (including phenoxy) is 2. The smallest absolute Gasteiger partial charge is 0.336 e. The number of hydrogen-bond acceptors (Lipinski definition) is 7. The first-order chi connectivity index (χ1) is 8.93. The van der Waals surface area contributed by atoms with Gasteiger partial charge in [0.05, 0.1) is 6.42 Å². The van der Waals surface area contributed by atoms with Gasteiger partial charge in [-0.25, -0.2) is 16.7 Å². The Balaban J connectivity index is 2.36. The van der Waals surface area contributed by atoms with Crippen LogP contribution in [0.4, 0.5) is 0 Å². The normalized spacial score (nSPS) is 16.4. The third-order valence-electron chi connectivity index (χ3n) is 2.21. The Labute approximate surface area is 109 Å². The van der Waals surface area contributed by atoms with E-state index in [2.05, 4.69) is 16.7 Å². The lowest BCUT2D eigenvalue weighted by Gasteiger charge is -2.16.